The van der Waals surface area contributed by atoms with Crippen molar-refractivity contribution in [2.24, 2.45) is 16.0 Å². The molecule has 0 aliphatic carbocycles. The number of methoxy groups -OCH3 is 1. The summed E-state index contributed by atoms with van der Waals surface area (Å²) < 4.78 is 5.80. The second kappa shape index (κ2) is 8.50. The first-order valence-electron chi connectivity index (χ1n) is 8.36. The highest BCUT2D eigenvalue weighted by Crippen LogP contribution is 2.34. The zero-order valence-electron chi connectivity index (χ0n) is 15.7. The van der Waals surface area contributed by atoms with Crippen LogP contribution in [-0.4, -0.2) is 31.8 Å². The lowest BCUT2D eigenvalue weighted by molar-refractivity contribution is -0.384. The summed E-state index contributed by atoms with van der Waals surface area (Å²) in [6, 6.07) is 9.18. The van der Waals surface area contributed by atoms with Crippen molar-refractivity contribution >= 4 is 40.1 Å². The van der Waals surface area contributed by atoms with Gasteiger partial charge in [-0.15, -0.1) is 10.2 Å². The normalized spacial score (nSPS) is 10.9. The van der Waals surface area contributed by atoms with Crippen LogP contribution in [0.3, 0.4) is 0 Å². The molecule has 1 aromatic heterocycles. The first-order valence-corrected chi connectivity index (χ1v) is 8.77. The maximum absolute atomic E-state index is 12.7. The number of aromatic nitrogens is 2. The second-order valence-electron chi connectivity index (χ2n) is 5.93. The molecular weight excluding hydrogens is 430 g/mol. The summed E-state index contributed by atoms with van der Waals surface area (Å²) in [5, 5.41) is 32.3. The monoisotopic (exact) mass is 443 g/mol. The van der Waals surface area contributed by atoms with E-state index in [0.29, 0.717) is 5.56 Å². The lowest BCUT2D eigenvalue weighted by atomic mass is 10.1. The average molecular weight is 443 g/mol. The number of non-ortho nitro benzene ring substituents is 1. The minimum atomic E-state index is -0.749. The van der Waals surface area contributed by atoms with Gasteiger partial charge in [-0.1, -0.05) is 0 Å². The molecule has 0 amide bonds. The van der Waals surface area contributed by atoms with Gasteiger partial charge in [-0.2, -0.15) is 4.68 Å². The lowest BCUT2D eigenvalue weighted by Gasteiger charge is -2.01. The molecule has 158 valence electrons. The molecule has 31 heavy (non-hydrogen) atoms. The summed E-state index contributed by atoms with van der Waals surface area (Å²) in [7, 11) is 1.36. The van der Waals surface area contributed by atoms with Gasteiger partial charge in [-0.3, -0.25) is 30.1 Å². The molecule has 0 saturated carbocycles. The fourth-order valence-corrected chi connectivity index (χ4v) is 2.72. The van der Waals surface area contributed by atoms with Gasteiger partial charge in [0, 0.05) is 17.7 Å². The van der Waals surface area contributed by atoms with Gasteiger partial charge >= 0.3 is 5.56 Å². The number of nitro groups is 2. The van der Waals surface area contributed by atoms with Crippen molar-refractivity contribution in [1.29, 1.82) is 0 Å². The molecular formula is C17H13N7O6S. The van der Waals surface area contributed by atoms with Crippen LogP contribution < -0.4 is 16.0 Å². The first kappa shape index (κ1) is 21.3. The van der Waals surface area contributed by atoms with Gasteiger partial charge in [0.05, 0.1) is 28.7 Å². The van der Waals surface area contributed by atoms with Crippen molar-refractivity contribution < 1.29 is 14.6 Å². The largest absolute Gasteiger partial charge is 0.496 e. The molecule has 0 spiro atoms. The smallest absolute Gasteiger partial charge is 0.301 e. The van der Waals surface area contributed by atoms with Crippen molar-refractivity contribution in [3.8, 4) is 17.0 Å². The van der Waals surface area contributed by atoms with E-state index in [2.05, 4.69) is 15.3 Å². The first-order chi connectivity index (χ1) is 14.7. The van der Waals surface area contributed by atoms with Crippen molar-refractivity contribution in [2.75, 3.05) is 7.11 Å². The van der Waals surface area contributed by atoms with Crippen LogP contribution in [0.5, 0.6) is 5.75 Å². The van der Waals surface area contributed by atoms with E-state index in [-0.39, 0.29) is 39.3 Å². The van der Waals surface area contributed by atoms with Gasteiger partial charge in [-0.25, -0.2) is 0 Å². The Balaban J connectivity index is 2.13. The third-order valence-electron chi connectivity index (χ3n) is 4.09. The summed E-state index contributed by atoms with van der Waals surface area (Å²) in [6.45, 7) is 0. The number of thiocarbonyl (C=S) groups is 1. The number of benzene rings is 2. The summed E-state index contributed by atoms with van der Waals surface area (Å²) in [5.74, 6) is 0.245. The Bertz CT molecular complexity index is 1280. The summed E-state index contributed by atoms with van der Waals surface area (Å²) in [6.07, 6.45) is 0. The van der Waals surface area contributed by atoms with E-state index in [0.717, 1.165) is 10.7 Å². The molecule has 14 heteroatoms. The maximum Gasteiger partial charge on any atom is 0.301 e. The van der Waals surface area contributed by atoms with Gasteiger partial charge in [0.1, 0.15) is 5.75 Å². The van der Waals surface area contributed by atoms with Gasteiger partial charge in [0.15, 0.2) is 16.5 Å². The Morgan fingerprint density at radius 3 is 2.35 bits per heavy atom. The number of nitrogens with zero attached hydrogens (tertiary/aromatic N) is 5. The molecule has 1 heterocycles. The van der Waals surface area contributed by atoms with E-state index in [9.17, 15) is 25.0 Å². The van der Waals surface area contributed by atoms with Crippen LogP contribution in [0.1, 0.15) is 0 Å². The van der Waals surface area contributed by atoms with Crippen LogP contribution in [0.25, 0.3) is 11.3 Å². The summed E-state index contributed by atoms with van der Waals surface area (Å²) >= 11 is 4.83. The molecule has 3 N–H and O–H groups in total. The summed E-state index contributed by atoms with van der Waals surface area (Å²) in [5.41, 5.74) is 4.36. The molecule has 0 aliphatic rings. The quantitative estimate of drug-likeness (QED) is 0.252. The lowest BCUT2D eigenvalue weighted by Crippen LogP contribution is -2.29. The molecule has 0 aliphatic heterocycles. The number of hydrogen-bond acceptors (Lipinski definition) is 9. The SMILES string of the molecule is COc1ccc(N=Nc2c(-c3ccc([N+](=O)[O-])cc3)[nH]n(C(N)=S)c2=O)c([N+](=O)[O-])c1. The minimum absolute atomic E-state index is 0.118. The Morgan fingerprint density at radius 1 is 1.13 bits per heavy atom. The molecule has 0 atom stereocenters. The number of nitro benzene ring substituents is 2. The Hall–Kier alpha value is -4.46. The van der Waals surface area contributed by atoms with Gasteiger partial charge in [-0.05, 0) is 36.5 Å². The van der Waals surface area contributed by atoms with E-state index < -0.39 is 15.4 Å². The summed E-state index contributed by atoms with van der Waals surface area (Å²) in [4.78, 5) is 33.6. The number of nitrogens with two attached hydrogens (primary N) is 1. The predicted molar refractivity (Wildman–Crippen MR) is 113 cm³/mol. The number of hydrogen-bond donors (Lipinski definition) is 2. The molecule has 3 aromatic rings. The van der Waals surface area contributed by atoms with E-state index >= 15 is 0 Å². The Labute approximate surface area is 178 Å². The van der Waals surface area contributed by atoms with Crippen LogP contribution in [0.4, 0.5) is 22.7 Å². The second-order valence-corrected chi connectivity index (χ2v) is 6.35. The molecule has 3 rings (SSSR count). The number of H-pyrrole nitrogens is 1. The molecule has 2 aromatic carbocycles. The molecule has 0 radical (unpaired) electrons. The zero-order chi connectivity index (χ0) is 22.7. The van der Waals surface area contributed by atoms with Crippen LogP contribution in [0, 0.1) is 20.2 Å². The third kappa shape index (κ3) is 4.27. The number of rotatable bonds is 6. The van der Waals surface area contributed by atoms with E-state index in [1.807, 2.05) is 0 Å². The predicted octanol–water partition coefficient (Wildman–Crippen LogP) is 3.18. The van der Waals surface area contributed by atoms with Crippen LogP contribution in [-0.2, 0) is 0 Å². The van der Waals surface area contributed by atoms with Gasteiger partial charge in [0.2, 0.25) is 0 Å². The van der Waals surface area contributed by atoms with E-state index in [1.54, 1.807) is 0 Å². The number of azo groups is 1. The topological polar surface area (TPSA) is 184 Å². The highest BCUT2D eigenvalue weighted by Gasteiger charge is 2.20. The van der Waals surface area contributed by atoms with Crippen molar-refractivity contribution in [2.45, 2.75) is 0 Å². The highest BCUT2D eigenvalue weighted by atomic mass is 32.1. The fraction of sp³-hybridized carbons (Fsp3) is 0.0588. The molecule has 0 unspecified atom stereocenters. The third-order valence-corrected chi connectivity index (χ3v) is 4.27. The zero-order valence-corrected chi connectivity index (χ0v) is 16.5. The van der Waals surface area contributed by atoms with Gasteiger partial charge < -0.3 is 10.5 Å². The van der Waals surface area contributed by atoms with Gasteiger partial charge in [0.25, 0.3) is 11.4 Å². The van der Waals surface area contributed by atoms with Crippen LogP contribution in [0.15, 0.2) is 57.5 Å². The van der Waals surface area contributed by atoms with E-state index in [4.69, 9.17) is 22.7 Å². The van der Waals surface area contributed by atoms with E-state index in [1.165, 1.54) is 43.5 Å². The van der Waals surface area contributed by atoms with Crippen LogP contribution in [0.2, 0.25) is 0 Å². The Kier molecular flexibility index (Phi) is 5.83. The highest BCUT2D eigenvalue weighted by molar-refractivity contribution is 7.80. The molecule has 13 nitrogen and oxygen atoms in total. The number of ether oxygens (including phenoxy) is 1. The van der Waals surface area contributed by atoms with Crippen molar-refractivity contribution in [3.05, 3.63) is 73.0 Å². The standard InChI is InChI=1S/C17H13N7O6S/c1-30-11-6-7-12(13(8-11)24(28)29)19-20-15-14(21-22(16(15)25)17(18)31)9-2-4-10(5-3-9)23(26)27/h2-8,21H,1H3,(H2,18,31). The average Bonchev–Trinajstić information content (AvgIpc) is 3.08. The number of aromatic amines is 1. The molecule has 0 bridgehead atoms. The van der Waals surface area contributed by atoms with Crippen LogP contribution >= 0.6 is 12.2 Å². The molecule has 0 fully saturated rings. The number of nitrogens with one attached hydrogen (secondary N) is 1. The molecule has 0 saturated heterocycles. The minimum Gasteiger partial charge on any atom is -0.496 e. The maximum atomic E-state index is 12.7. The fourth-order valence-electron chi connectivity index (χ4n) is 2.59. The van der Waals surface area contributed by atoms with Crippen molar-refractivity contribution in [1.82, 2.24) is 9.78 Å². The van der Waals surface area contributed by atoms with Crippen molar-refractivity contribution in [3.63, 3.8) is 0 Å². The Morgan fingerprint density at radius 2 is 1.81 bits per heavy atom.